The van der Waals surface area contributed by atoms with E-state index in [1.165, 1.54) is 0 Å². The SMILES string of the molecule is COc1ccc(OC)c(N2CCN(c3cc(OC)ccc3OC)CC2)c1. The molecular weight excluding hydrogens is 332 g/mol. The van der Waals surface area contributed by atoms with Crippen LogP contribution in [0.3, 0.4) is 0 Å². The van der Waals surface area contributed by atoms with E-state index in [0.29, 0.717) is 0 Å². The molecule has 1 aliphatic heterocycles. The van der Waals surface area contributed by atoms with E-state index in [1.54, 1.807) is 28.4 Å². The van der Waals surface area contributed by atoms with E-state index in [1.807, 2.05) is 36.4 Å². The van der Waals surface area contributed by atoms with Gasteiger partial charge in [0.2, 0.25) is 0 Å². The molecular formula is C20H26N2O4. The second-order valence-electron chi connectivity index (χ2n) is 6.05. The fourth-order valence-corrected chi connectivity index (χ4v) is 3.28. The van der Waals surface area contributed by atoms with E-state index >= 15 is 0 Å². The molecule has 1 heterocycles. The van der Waals surface area contributed by atoms with Gasteiger partial charge in [-0.05, 0) is 24.3 Å². The van der Waals surface area contributed by atoms with Gasteiger partial charge < -0.3 is 28.7 Å². The van der Waals surface area contributed by atoms with Crippen molar-refractivity contribution in [3.63, 3.8) is 0 Å². The number of methoxy groups -OCH3 is 4. The Morgan fingerprint density at radius 3 is 1.27 bits per heavy atom. The first-order chi connectivity index (χ1) is 12.7. The van der Waals surface area contributed by atoms with Gasteiger partial charge in [-0.3, -0.25) is 0 Å². The van der Waals surface area contributed by atoms with Crippen LogP contribution in [-0.2, 0) is 0 Å². The molecule has 140 valence electrons. The highest BCUT2D eigenvalue weighted by Crippen LogP contribution is 2.36. The Morgan fingerprint density at radius 2 is 0.962 bits per heavy atom. The first-order valence-electron chi connectivity index (χ1n) is 8.64. The number of rotatable bonds is 6. The van der Waals surface area contributed by atoms with E-state index in [2.05, 4.69) is 9.80 Å². The maximum absolute atomic E-state index is 5.53. The zero-order valence-corrected chi connectivity index (χ0v) is 15.8. The van der Waals surface area contributed by atoms with Crippen molar-refractivity contribution in [2.24, 2.45) is 0 Å². The third-order valence-electron chi connectivity index (χ3n) is 4.73. The molecule has 0 atom stereocenters. The van der Waals surface area contributed by atoms with Gasteiger partial charge in [-0.2, -0.15) is 0 Å². The lowest BCUT2D eigenvalue weighted by atomic mass is 10.2. The minimum Gasteiger partial charge on any atom is -0.497 e. The molecule has 26 heavy (non-hydrogen) atoms. The summed E-state index contributed by atoms with van der Waals surface area (Å²) in [5.41, 5.74) is 2.12. The minimum atomic E-state index is 0.831. The zero-order valence-electron chi connectivity index (χ0n) is 15.8. The summed E-state index contributed by atoms with van der Waals surface area (Å²) in [5.74, 6) is 3.38. The molecule has 0 saturated carbocycles. The molecule has 3 rings (SSSR count). The average molecular weight is 358 g/mol. The van der Waals surface area contributed by atoms with Crippen molar-refractivity contribution in [1.29, 1.82) is 0 Å². The van der Waals surface area contributed by atoms with Crippen molar-refractivity contribution in [2.75, 3.05) is 64.4 Å². The first-order valence-corrected chi connectivity index (χ1v) is 8.64. The van der Waals surface area contributed by atoms with Gasteiger partial charge >= 0.3 is 0 Å². The van der Waals surface area contributed by atoms with Gasteiger partial charge in [0.25, 0.3) is 0 Å². The summed E-state index contributed by atoms with van der Waals surface area (Å²) in [5, 5.41) is 0. The lowest BCUT2D eigenvalue weighted by molar-refractivity contribution is 0.400. The first kappa shape index (κ1) is 18.0. The number of hydrogen-bond donors (Lipinski definition) is 0. The van der Waals surface area contributed by atoms with Crippen LogP contribution in [0.5, 0.6) is 23.0 Å². The van der Waals surface area contributed by atoms with Gasteiger partial charge in [0.15, 0.2) is 0 Å². The van der Waals surface area contributed by atoms with Gasteiger partial charge in [-0.1, -0.05) is 0 Å². The third-order valence-corrected chi connectivity index (χ3v) is 4.73. The highest BCUT2D eigenvalue weighted by atomic mass is 16.5. The number of benzene rings is 2. The van der Waals surface area contributed by atoms with Crippen LogP contribution in [-0.4, -0.2) is 54.6 Å². The molecule has 0 amide bonds. The highest BCUT2D eigenvalue weighted by molar-refractivity contribution is 5.65. The number of ether oxygens (including phenoxy) is 4. The molecule has 2 aromatic rings. The number of hydrogen-bond acceptors (Lipinski definition) is 6. The van der Waals surface area contributed by atoms with Crippen LogP contribution in [0.2, 0.25) is 0 Å². The van der Waals surface area contributed by atoms with Gasteiger partial charge in [0.1, 0.15) is 23.0 Å². The van der Waals surface area contributed by atoms with E-state index in [9.17, 15) is 0 Å². The Kier molecular flexibility index (Phi) is 5.61. The third kappa shape index (κ3) is 3.59. The Morgan fingerprint density at radius 1 is 0.577 bits per heavy atom. The highest BCUT2D eigenvalue weighted by Gasteiger charge is 2.22. The maximum atomic E-state index is 5.53. The summed E-state index contributed by atoms with van der Waals surface area (Å²) in [6.07, 6.45) is 0. The smallest absolute Gasteiger partial charge is 0.142 e. The molecule has 1 aliphatic rings. The Labute approximate surface area is 154 Å². The number of piperazine rings is 1. The molecule has 0 bridgehead atoms. The number of anilines is 2. The predicted molar refractivity (Wildman–Crippen MR) is 104 cm³/mol. The second kappa shape index (κ2) is 8.08. The molecule has 0 aliphatic carbocycles. The van der Waals surface area contributed by atoms with Crippen LogP contribution in [0.15, 0.2) is 36.4 Å². The monoisotopic (exact) mass is 358 g/mol. The summed E-state index contributed by atoms with van der Waals surface area (Å²) >= 11 is 0. The van der Waals surface area contributed by atoms with Crippen molar-refractivity contribution < 1.29 is 18.9 Å². The van der Waals surface area contributed by atoms with Crippen molar-refractivity contribution in [3.8, 4) is 23.0 Å². The molecule has 2 aromatic carbocycles. The quantitative estimate of drug-likeness (QED) is 0.791. The molecule has 0 radical (unpaired) electrons. The van der Waals surface area contributed by atoms with Crippen molar-refractivity contribution >= 4 is 11.4 Å². The largest absolute Gasteiger partial charge is 0.497 e. The molecule has 1 fully saturated rings. The molecule has 1 saturated heterocycles. The van der Waals surface area contributed by atoms with E-state index in [-0.39, 0.29) is 0 Å². The zero-order chi connectivity index (χ0) is 18.5. The summed E-state index contributed by atoms with van der Waals surface area (Å²) in [7, 11) is 6.75. The number of nitrogens with zero attached hydrogens (tertiary/aromatic N) is 2. The fraction of sp³-hybridized carbons (Fsp3) is 0.400. The molecule has 6 nitrogen and oxygen atoms in total. The maximum Gasteiger partial charge on any atom is 0.142 e. The average Bonchev–Trinajstić information content (AvgIpc) is 2.72. The van der Waals surface area contributed by atoms with Gasteiger partial charge in [-0.25, -0.2) is 0 Å². The summed E-state index contributed by atoms with van der Waals surface area (Å²) in [6, 6.07) is 11.8. The van der Waals surface area contributed by atoms with Crippen LogP contribution < -0.4 is 28.7 Å². The van der Waals surface area contributed by atoms with E-state index in [0.717, 1.165) is 60.6 Å². The molecule has 0 aromatic heterocycles. The topological polar surface area (TPSA) is 43.4 Å². The fourth-order valence-electron chi connectivity index (χ4n) is 3.28. The van der Waals surface area contributed by atoms with E-state index < -0.39 is 0 Å². The lowest BCUT2D eigenvalue weighted by Crippen LogP contribution is -2.46. The second-order valence-corrected chi connectivity index (χ2v) is 6.05. The molecule has 0 N–H and O–H groups in total. The van der Waals surface area contributed by atoms with Crippen LogP contribution in [0.1, 0.15) is 0 Å². The van der Waals surface area contributed by atoms with E-state index in [4.69, 9.17) is 18.9 Å². The predicted octanol–water partition coefficient (Wildman–Crippen LogP) is 3.05. The van der Waals surface area contributed by atoms with Gasteiger partial charge in [0, 0.05) is 38.3 Å². The van der Waals surface area contributed by atoms with Crippen molar-refractivity contribution in [3.05, 3.63) is 36.4 Å². The van der Waals surface area contributed by atoms with Crippen LogP contribution in [0.4, 0.5) is 11.4 Å². The standard InChI is InChI=1S/C20H26N2O4/c1-23-15-5-7-19(25-3)17(13-15)21-9-11-22(12-10-21)18-14-16(24-2)6-8-20(18)26-4/h5-8,13-14H,9-12H2,1-4H3. The van der Waals surface area contributed by atoms with Crippen LogP contribution >= 0.6 is 0 Å². The van der Waals surface area contributed by atoms with Gasteiger partial charge in [0.05, 0.1) is 39.8 Å². The summed E-state index contributed by atoms with van der Waals surface area (Å²) in [6.45, 7) is 3.52. The Balaban J connectivity index is 1.78. The van der Waals surface area contributed by atoms with Crippen molar-refractivity contribution in [2.45, 2.75) is 0 Å². The van der Waals surface area contributed by atoms with Crippen molar-refractivity contribution in [1.82, 2.24) is 0 Å². The van der Waals surface area contributed by atoms with Crippen LogP contribution in [0, 0.1) is 0 Å². The summed E-state index contributed by atoms with van der Waals surface area (Å²) < 4.78 is 21.8. The Bertz CT molecular complexity index is 679. The van der Waals surface area contributed by atoms with Gasteiger partial charge in [-0.15, -0.1) is 0 Å². The minimum absolute atomic E-state index is 0.831. The summed E-state index contributed by atoms with van der Waals surface area (Å²) in [4.78, 5) is 4.65. The molecule has 0 unspecified atom stereocenters. The van der Waals surface area contributed by atoms with Crippen LogP contribution in [0.25, 0.3) is 0 Å². The molecule has 6 heteroatoms. The Hall–Kier alpha value is -2.76. The normalized spacial score (nSPS) is 14.2. The lowest BCUT2D eigenvalue weighted by Gasteiger charge is -2.38. The molecule has 0 spiro atoms.